The first kappa shape index (κ1) is 15.4. The van der Waals surface area contributed by atoms with E-state index in [-0.39, 0.29) is 18.7 Å². The summed E-state index contributed by atoms with van der Waals surface area (Å²) in [4.78, 5) is 15.2. The summed E-state index contributed by atoms with van der Waals surface area (Å²) in [5, 5.41) is 8.91. The van der Waals surface area contributed by atoms with Gasteiger partial charge in [-0.1, -0.05) is 0 Å². The molecule has 18 heavy (non-hydrogen) atoms. The Morgan fingerprint density at radius 1 is 1.44 bits per heavy atom. The zero-order valence-corrected chi connectivity index (χ0v) is 11.9. The summed E-state index contributed by atoms with van der Waals surface area (Å²) in [6.45, 7) is 11.8. The third kappa shape index (κ3) is 4.92. The van der Waals surface area contributed by atoms with Crippen molar-refractivity contribution in [1.29, 1.82) is 0 Å². The molecule has 0 saturated carbocycles. The van der Waals surface area contributed by atoms with Crippen LogP contribution in [-0.4, -0.2) is 71.8 Å². The van der Waals surface area contributed by atoms with E-state index in [1.807, 2.05) is 18.7 Å². The molecule has 0 aliphatic carbocycles. The minimum atomic E-state index is -0.778. The number of carboxylic acids is 1. The summed E-state index contributed by atoms with van der Waals surface area (Å²) in [5.41, 5.74) is 0. The molecule has 0 aromatic carbocycles. The molecule has 5 heteroatoms. The SMILES string of the molecule is CC(C)N1CCOC(CN(CC(=O)O)C(C)C)C1. The maximum Gasteiger partial charge on any atom is 0.317 e. The Morgan fingerprint density at radius 2 is 2.11 bits per heavy atom. The van der Waals surface area contributed by atoms with Crippen LogP contribution in [-0.2, 0) is 9.53 Å². The van der Waals surface area contributed by atoms with Crippen molar-refractivity contribution in [3.63, 3.8) is 0 Å². The molecule has 1 aliphatic heterocycles. The van der Waals surface area contributed by atoms with Crippen molar-refractivity contribution in [3.8, 4) is 0 Å². The highest BCUT2D eigenvalue weighted by atomic mass is 16.5. The molecule has 1 fully saturated rings. The molecule has 0 radical (unpaired) electrons. The molecule has 0 bridgehead atoms. The van der Waals surface area contributed by atoms with E-state index >= 15 is 0 Å². The quantitative estimate of drug-likeness (QED) is 0.767. The van der Waals surface area contributed by atoms with Crippen LogP contribution in [0.25, 0.3) is 0 Å². The van der Waals surface area contributed by atoms with E-state index in [9.17, 15) is 4.79 Å². The van der Waals surface area contributed by atoms with Crippen molar-refractivity contribution in [2.45, 2.75) is 45.9 Å². The molecule has 106 valence electrons. The molecule has 1 N–H and O–H groups in total. The van der Waals surface area contributed by atoms with Gasteiger partial charge in [0.25, 0.3) is 0 Å². The number of carbonyl (C=O) groups is 1. The summed E-state index contributed by atoms with van der Waals surface area (Å²) in [6.07, 6.45) is 0.114. The Balaban J connectivity index is 2.50. The molecule has 1 heterocycles. The predicted octanol–water partition coefficient (Wildman–Crippen LogP) is 0.891. The predicted molar refractivity (Wildman–Crippen MR) is 70.8 cm³/mol. The Hall–Kier alpha value is -0.650. The van der Waals surface area contributed by atoms with Gasteiger partial charge in [-0.15, -0.1) is 0 Å². The molecule has 0 spiro atoms. The zero-order valence-electron chi connectivity index (χ0n) is 11.9. The van der Waals surface area contributed by atoms with Crippen LogP contribution in [0.4, 0.5) is 0 Å². The third-order valence-corrected chi connectivity index (χ3v) is 3.41. The van der Waals surface area contributed by atoms with Crippen molar-refractivity contribution in [1.82, 2.24) is 9.80 Å². The van der Waals surface area contributed by atoms with Gasteiger partial charge in [-0.2, -0.15) is 0 Å². The zero-order chi connectivity index (χ0) is 13.7. The summed E-state index contributed by atoms with van der Waals surface area (Å²) in [6, 6.07) is 0.738. The average molecular weight is 258 g/mol. The van der Waals surface area contributed by atoms with E-state index in [2.05, 4.69) is 18.7 Å². The van der Waals surface area contributed by atoms with Gasteiger partial charge in [0.1, 0.15) is 0 Å². The fourth-order valence-electron chi connectivity index (χ4n) is 2.21. The van der Waals surface area contributed by atoms with Crippen molar-refractivity contribution < 1.29 is 14.6 Å². The lowest BCUT2D eigenvalue weighted by molar-refractivity contribution is -0.139. The fraction of sp³-hybridized carbons (Fsp3) is 0.923. The largest absolute Gasteiger partial charge is 0.480 e. The highest BCUT2D eigenvalue weighted by molar-refractivity contribution is 5.69. The lowest BCUT2D eigenvalue weighted by Gasteiger charge is -2.38. The number of morpholine rings is 1. The molecule has 1 aliphatic rings. The molecule has 1 rings (SSSR count). The van der Waals surface area contributed by atoms with Gasteiger partial charge in [0.2, 0.25) is 0 Å². The van der Waals surface area contributed by atoms with E-state index in [4.69, 9.17) is 9.84 Å². The van der Waals surface area contributed by atoms with E-state index < -0.39 is 5.97 Å². The van der Waals surface area contributed by atoms with Crippen LogP contribution in [0.1, 0.15) is 27.7 Å². The topological polar surface area (TPSA) is 53.0 Å². The summed E-state index contributed by atoms with van der Waals surface area (Å²) >= 11 is 0. The van der Waals surface area contributed by atoms with Crippen molar-refractivity contribution >= 4 is 5.97 Å². The Labute approximate surface area is 110 Å². The van der Waals surface area contributed by atoms with Gasteiger partial charge in [-0.25, -0.2) is 0 Å². The Bertz CT molecular complexity index is 269. The van der Waals surface area contributed by atoms with Gasteiger partial charge in [0.05, 0.1) is 19.3 Å². The van der Waals surface area contributed by atoms with E-state index in [0.29, 0.717) is 12.6 Å². The van der Waals surface area contributed by atoms with Gasteiger partial charge >= 0.3 is 5.97 Å². The number of rotatable bonds is 6. The number of ether oxygens (including phenoxy) is 1. The molecule has 0 aromatic rings. The van der Waals surface area contributed by atoms with Crippen molar-refractivity contribution in [2.75, 3.05) is 32.8 Å². The molecule has 1 saturated heterocycles. The molecule has 1 atom stereocenters. The van der Waals surface area contributed by atoms with Crippen LogP contribution in [0.5, 0.6) is 0 Å². The van der Waals surface area contributed by atoms with Gasteiger partial charge in [0, 0.05) is 31.7 Å². The van der Waals surface area contributed by atoms with Crippen LogP contribution in [0.2, 0.25) is 0 Å². The third-order valence-electron chi connectivity index (χ3n) is 3.41. The smallest absolute Gasteiger partial charge is 0.317 e. The Kier molecular flexibility index (Phi) is 6.05. The number of hydrogen-bond donors (Lipinski definition) is 1. The maximum absolute atomic E-state index is 10.8. The van der Waals surface area contributed by atoms with Crippen LogP contribution in [0, 0.1) is 0 Å². The van der Waals surface area contributed by atoms with E-state index in [0.717, 1.165) is 19.7 Å². The second kappa shape index (κ2) is 7.07. The van der Waals surface area contributed by atoms with Crippen LogP contribution >= 0.6 is 0 Å². The maximum atomic E-state index is 10.8. The Morgan fingerprint density at radius 3 is 2.61 bits per heavy atom. The van der Waals surface area contributed by atoms with Crippen LogP contribution < -0.4 is 0 Å². The molecule has 0 amide bonds. The lowest BCUT2D eigenvalue weighted by atomic mass is 10.2. The van der Waals surface area contributed by atoms with Gasteiger partial charge < -0.3 is 9.84 Å². The lowest BCUT2D eigenvalue weighted by Crippen LogP contribution is -2.51. The number of hydrogen-bond acceptors (Lipinski definition) is 4. The van der Waals surface area contributed by atoms with Crippen molar-refractivity contribution in [2.24, 2.45) is 0 Å². The van der Waals surface area contributed by atoms with Crippen molar-refractivity contribution in [3.05, 3.63) is 0 Å². The molecule has 1 unspecified atom stereocenters. The minimum absolute atomic E-state index is 0.0825. The average Bonchev–Trinajstić information content (AvgIpc) is 2.27. The van der Waals surface area contributed by atoms with E-state index in [1.165, 1.54) is 0 Å². The molecular weight excluding hydrogens is 232 g/mol. The van der Waals surface area contributed by atoms with E-state index in [1.54, 1.807) is 0 Å². The van der Waals surface area contributed by atoms with Gasteiger partial charge in [-0.3, -0.25) is 14.6 Å². The number of aliphatic carboxylic acids is 1. The number of carboxylic acid groups (broad SMARTS) is 1. The first-order valence-corrected chi connectivity index (χ1v) is 6.71. The molecular formula is C13H26N2O3. The second-order valence-electron chi connectivity index (χ2n) is 5.50. The molecule has 5 nitrogen and oxygen atoms in total. The highest BCUT2D eigenvalue weighted by Crippen LogP contribution is 2.11. The second-order valence-corrected chi connectivity index (χ2v) is 5.50. The monoisotopic (exact) mass is 258 g/mol. The van der Waals surface area contributed by atoms with Gasteiger partial charge in [0.15, 0.2) is 0 Å². The summed E-state index contributed by atoms with van der Waals surface area (Å²) in [5.74, 6) is -0.778. The standard InChI is InChI=1S/C13H26N2O3/c1-10(2)14-5-6-18-12(7-14)8-15(11(3)4)9-13(16)17/h10-12H,5-9H2,1-4H3,(H,16,17). The summed E-state index contributed by atoms with van der Waals surface area (Å²) < 4.78 is 5.74. The highest BCUT2D eigenvalue weighted by Gasteiger charge is 2.25. The number of nitrogens with zero attached hydrogens (tertiary/aromatic N) is 2. The normalized spacial score (nSPS) is 22.1. The minimum Gasteiger partial charge on any atom is -0.480 e. The molecule has 0 aromatic heterocycles. The van der Waals surface area contributed by atoms with Crippen LogP contribution in [0.3, 0.4) is 0 Å². The summed E-state index contributed by atoms with van der Waals surface area (Å²) in [7, 11) is 0. The fourth-order valence-corrected chi connectivity index (χ4v) is 2.21. The first-order chi connectivity index (χ1) is 8.40. The first-order valence-electron chi connectivity index (χ1n) is 6.71. The van der Waals surface area contributed by atoms with Crippen LogP contribution in [0.15, 0.2) is 0 Å². The van der Waals surface area contributed by atoms with Gasteiger partial charge in [-0.05, 0) is 27.7 Å².